The Morgan fingerprint density at radius 3 is 0.963 bits per heavy atom. The molecular formula is C75H143NO5. The first-order chi connectivity index (χ1) is 40.0. The molecule has 0 aromatic rings. The van der Waals surface area contributed by atoms with Crippen molar-refractivity contribution in [3.8, 4) is 0 Å². The Morgan fingerprint density at radius 1 is 0.346 bits per heavy atom. The van der Waals surface area contributed by atoms with Crippen LogP contribution in [-0.4, -0.2) is 47.4 Å². The molecule has 6 nitrogen and oxygen atoms in total. The van der Waals surface area contributed by atoms with Crippen molar-refractivity contribution < 1.29 is 24.5 Å². The van der Waals surface area contributed by atoms with E-state index in [-0.39, 0.29) is 18.5 Å². The van der Waals surface area contributed by atoms with Gasteiger partial charge >= 0.3 is 5.97 Å². The fraction of sp³-hybridized carbons (Fsp3) is 0.893. The zero-order valence-electron chi connectivity index (χ0n) is 54.8. The number of rotatable bonds is 69. The van der Waals surface area contributed by atoms with Crippen molar-refractivity contribution in [3.63, 3.8) is 0 Å². The summed E-state index contributed by atoms with van der Waals surface area (Å²) in [6, 6.07) is -0.625. The maximum atomic E-state index is 12.5. The molecule has 0 saturated carbocycles. The molecule has 0 radical (unpaired) electrons. The van der Waals surface area contributed by atoms with Crippen LogP contribution in [0.2, 0.25) is 0 Å². The van der Waals surface area contributed by atoms with E-state index in [1.165, 1.54) is 327 Å². The summed E-state index contributed by atoms with van der Waals surface area (Å²) in [4.78, 5) is 24.6. The molecule has 0 aliphatic carbocycles. The van der Waals surface area contributed by atoms with Gasteiger partial charge in [0.05, 0.1) is 25.4 Å². The highest BCUT2D eigenvalue weighted by atomic mass is 16.5. The topological polar surface area (TPSA) is 95.9 Å². The molecule has 2 unspecified atom stereocenters. The Kier molecular flexibility index (Phi) is 68.9. The van der Waals surface area contributed by atoms with E-state index >= 15 is 0 Å². The van der Waals surface area contributed by atoms with Crippen LogP contribution in [0.15, 0.2) is 36.5 Å². The number of amides is 1. The van der Waals surface area contributed by atoms with Gasteiger partial charge in [0.1, 0.15) is 0 Å². The molecule has 478 valence electrons. The molecule has 0 rings (SSSR count). The van der Waals surface area contributed by atoms with Gasteiger partial charge < -0.3 is 20.3 Å². The maximum Gasteiger partial charge on any atom is 0.305 e. The number of unbranched alkanes of at least 4 members (excludes halogenated alkanes) is 54. The number of aliphatic hydroxyl groups is 2. The summed E-state index contributed by atoms with van der Waals surface area (Å²) in [5.74, 6) is -0.0531. The molecule has 2 atom stereocenters. The van der Waals surface area contributed by atoms with Crippen LogP contribution in [0.25, 0.3) is 0 Å². The van der Waals surface area contributed by atoms with E-state index in [4.69, 9.17) is 4.74 Å². The minimum absolute atomic E-state index is 0.00729. The molecule has 0 spiro atoms. The number of carbonyl (C=O) groups is 2. The van der Waals surface area contributed by atoms with Crippen LogP contribution in [-0.2, 0) is 14.3 Å². The summed E-state index contributed by atoms with van der Waals surface area (Å²) >= 11 is 0. The number of hydrogen-bond acceptors (Lipinski definition) is 5. The Balaban J connectivity index is 3.34. The highest BCUT2D eigenvalue weighted by Crippen LogP contribution is 2.19. The van der Waals surface area contributed by atoms with Gasteiger partial charge in [-0.2, -0.15) is 0 Å². The van der Waals surface area contributed by atoms with Crippen LogP contribution in [0.4, 0.5) is 0 Å². The van der Waals surface area contributed by atoms with E-state index in [0.29, 0.717) is 19.4 Å². The molecule has 0 bridgehead atoms. The highest BCUT2D eigenvalue weighted by molar-refractivity contribution is 5.76. The second kappa shape index (κ2) is 70.6. The Bertz CT molecular complexity index is 1310. The lowest BCUT2D eigenvalue weighted by Crippen LogP contribution is -2.45. The van der Waals surface area contributed by atoms with Crippen LogP contribution in [0.3, 0.4) is 0 Å². The van der Waals surface area contributed by atoms with Gasteiger partial charge in [-0.05, 0) is 64.2 Å². The third kappa shape index (κ3) is 67.1. The lowest BCUT2D eigenvalue weighted by molar-refractivity contribution is -0.143. The zero-order valence-corrected chi connectivity index (χ0v) is 54.8. The van der Waals surface area contributed by atoms with E-state index in [1.807, 2.05) is 6.08 Å². The fourth-order valence-corrected chi connectivity index (χ4v) is 11.6. The normalized spacial score (nSPS) is 12.7. The Hall–Kier alpha value is -1.92. The van der Waals surface area contributed by atoms with Crippen LogP contribution >= 0.6 is 0 Å². The van der Waals surface area contributed by atoms with Crippen molar-refractivity contribution in [1.29, 1.82) is 0 Å². The summed E-state index contributed by atoms with van der Waals surface area (Å²) in [5, 5.41) is 23.2. The SMILES string of the molecule is CCCCC/C=C\C/C=C\CCCCCCCC(=O)OCCCCCCCCCCCCCCCCCCCCCCCCCCCCCCCCCCC(=O)NC(CO)C(O)/C=C/CCCCCCCCCCCCCCCCC. The molecular weight excluding hydrogens is 995 g/mol. The van der Waals surface area contributed by atoms with Gasteiger partial charge in [0.2, 0.25) is 5.91 Å². The molecule has 0 aliphatic heterocycles. The Labute approximate surface area is 506 Å². The second-order valence-electron chi connectivity index (χ2n) is 25.3. The van der Waals surface area contributed by atoms with E-state index in [1.54, 1.807) is 6.08 Å². The average molecular weight is 1140 g/mol. The summed E-state index contributed by atoms with van der Waals surface area (Å²) in [7, 11) is 0. The minimum Gasteiger partial charge on any atom is -0.466 e. The molecule has 0 fully saturated rings. The molecule has 6 heteroatoms. The highest BCUT2D eigenvalue weighted by Gasteiger charge is 2.18. The number of esters is 1. The third-order valence-corrected chi connectivity index (χ3v) is 17.2. The van der Waals surface area contributed by atoms with Crippen molar-refractivity contribution in [2.45, 2.75) is 418 Å². The monoisotopic (exact) mass is 1140 g/mol. The lowest BCUT2D eigenvalue weighted by Gasteiger charge is -2.20. The molecule has 0 aliphatic rings. The van der Waals surface area contributed by atoms with E-state index in [2.05, 4.69) is 43.5 Å². The number of allylic oxidation sites excluding steroid dienone is 5. The predicted octanol–water partition coefficient (Wildman–Crippen LogP) is 23.9. The summed E-state index contributed by atoms with van der Waals surface area (Å²) < 4.78 is 5.49. The van der Waals surface area contributed by atoms with Crippen LogP contribution in [0, 0.1) is 0 Å². The predicted molar refractivity (Wildman–Crippen MR) is 356 cm³/mol. The van der Waals surface area contributed by atoms with Gasteiger partial charge in [-0.3, -0.25) is 9.59 Å². The Morgan fingerprint density at radius 2 is 0.617 bits per heavy atom. The zero-order chi connectivity index (χ0) is 58.5. The van der Waals surface area contributed by atoms with Gasteiger partial charge in [-0.1, -0.05) is 365 Å². The van der Waals surface area contributed by atoms with Crippen molar-refractivity contribution in [2.75, 3.05) is 13.2 Å². The van der Waals surface area contributed by atoms with E-state index in [9.17, 15) is 19.8 Å². The third-order valence-electron chi connectivity index (χ3n) is 17.2. The van der Waals surface area contributed by atoms with Crippen molar-refractivity contribution in [2.24, 2.45) is 0 Å². The molecule has 1 amide bonds. The minimum atomic E-state index is -0.842. The van der Waals surface area contributed by atoms with E-state index in [0.717, 1.165) is 51.4 Å². The number of aliphatic hydroxyl groups excluding tert-OH is 2. The van der Waals surface area contributed by atoms with Crippen molar-refractivity contribution in [1.82, 2.24) is 5.32 Å². The molecule has 0 aromatic carbocycles. The molecule has 3 N–H and O–H groups in total. The molecule has 0 saturated heterocycles. The van der Waals surface area contributed by atoms with Crippen LogP contribution in [0.1, 0.15) is 406 Å². The maximum absolute atomic E-state index is 12.5. The standard InChI is InChI=1S/C75H143NO5/c1-3-5-7-9-11-13-15-17-19-36-40-43-47-51-55-59-63-67-73(78)72(71-77)76-74(79)68-64-60-56-52-48-44-41-37-34-32-30-28-26-24-22-20-21-23-25-27-29-31-33-35-38-42-46-50-54-58-62-66-70-81-75(80)69-65-61-57-53-49-45-39-18-16-14-12-10-8-6-4-2/h12,14,18,39,63,67,72-73,77-78H,3-11,13,15-17,19-38,40-62,64-66,68-71H2,1-2H3,(H,76,79)/b14-12-,39-18-,67-63+. The first-order valence-electron chi connectivity index (χ1n) is 36.8. The fourth-order valence-electron chi connectivity index (χ4n) is 11.6. The number of hydrogen-bond donors (Lipinski definition) is 3. The van der Waals surface area contributed by atoms with Crippen molar-refractivity contribution in [3.05, 3.63) is 36.5 Å². The molecule has 81 heavy (non-hydrogen) atoms. The summed E-state index contributed by atoms with van der Waals surface area (Å²) in [6.45, 7) is 4.91. The van der Waals surface area contributed by atoms with Gasteiger partial charge in [0, 0.05) is 12.8 Å². The van der Waals surface area contributed by atoms with Crippen molar-refractivity contribution >= 4 is 11.9 Å². The molecule has 0 aromatic heterocycles. The smallest absolute Gasteiger partial charge is 0.305 e. The van der Waals surface area contributed by atoms with E-state index < -0.39 is 12.1 Å². The van der Waals surface area contributed by atoms with Gasteiger partial charge in [-0.25, -0.2) is 0 Å². The largest absolute Gasteiger partial charge is 0.466 e. The number of carbonyl (C=O) groups excluding carboxylic acids is 2. The average Bonchev–Trinajstić information content (AvgIpc) is 3.47. The van der Waals surface area contributed by atoms with Crippen LogP contribution < -0.4 is 5.32 Å². The quantitative estimate of drug-likeness (QED) is 0.0320. The second-order valence-corrected chi connectivity index (χ2v) is 25.3. The number of nitrogens with one attached hydrogen (secondary N) is 1. The van der Waals surface area contributed by atoms with Crippen LogP contribution in [0.5, 0.6) is 0 Å². The lowest BCUT2D eigenvalue weighted by atomic mass is 10.0. The molecule has 0 heterocycles. The first-order valence-corrected chi connectivity index (χ1v) is 36.8. The summed E-state index contributed by atoms with van der Waals surface area (Å²) in [5.41, 5.74) is 0. The van der Waals surface area contributed by atoms with Gasteiger partial charge in [-0.15, -0.1) is 0 Å². The van der Waals surface area contributed by atoms with Gasteiger partial charge in [0.25, 0.3) is 0 Å². The van der Waals surface area contributed by atoms with Gasteiger partial charge in [0.15, 0.2) is 0 Å². The first kappa shape index (κ1) is 79.1. The number of ether oxygens (including phenoxy) is 1. The summed E-state index contributed by atoms with van der Waals surface area (Å²) in [6.07, 6.45) is 91.0.